The maximum absolute atomic E-state index is 12.8. The molecule has 120 valence electrons. The highest BCUT2D eigenvalue weighted by molar-refractivity contribution is 5.79. The first kappa shape index (κ1) is 15.3. The van der Waals surface area contributed by atoms with E-state index in [0.717, 1.165) is 51.2 Å². The molecule has 3 rings (SSSR count). The van der Waals surface area contributed by atoms with Gasteiger partial charge in [0.05, 0.1) is 12.6 Å². The predicted octanol–water partition coefficient (Wildman–Crippen LogP) is 3.18. The number of benzene rings is 1. The lowest BCUT2D eigenvalue weighted by molar-refractivity contribution is -0.139. The zero-order valence-corrected chi connectivity index (χ0v) is 13.3. The van der Waals surface area contributed by atoms with E-state index in [1.165, 1.54) is 5.56 Å². The van der Waals surface area contributed by atoms with E-state index < -0.39 is 0 Å². The van der Waals surface area contributed by atoms with Gasteiger partial charge >= 0.3 is 0 Å². The fourth-order valence-electron chi connectivity index (χ4n) is 3.51. The lowest BCUT2D eigenvalue weighted by Gasteiger charge is -2.31. The average molecular weight is 303 g/mol. The minimum absolute atomic E-state index is 0.150. The monoisotopic (exact) mass is 303 g/mol. The minimum Gasteiger partial charge on any atom is -0.494 e. The molecule has 2 heterocycles. The Labute approximate surface area is 132 Å². The third kappa shape index (κ3) is 3.27. The normalized spacial score (nSPS) is 22.8. The SMILES string of the molecule is CCOc1ccc(C2CCCN2C(=O)C2CCOCC2)cc1. The fourth-order valence-corrected chi connectivity index (χ4v) is 3.51. The van der Waals surface area contributed by atoms with Crippen LogP contribution in [0.3, 0.4) is 0 Å². The first-order chi connectivity index (χ1) is 10.8. The molecular formula is C18H25NO3. The van der Waals surface area contributed by atoms with Crippen LogP contribution in [0.5, 0.6) is 5.75 Å². The van der Waals surface area contributed by atoms with Gasteiger partial charge in [-0.3, -0.25) is 4.79 Å². The predicted molar refractivity (Wildman–Crippen MR) is 84.8 cm³/mol. The number of carbonyl (C=O) groups is 1. The van der Waals surface area contributed by atoms with E-state index in [-0.39, 0.29) is 12.0 Å². The van der Waals surface area contributed by atoms with E-state index in [9.17, 15) is 4.79 Å². The Morgan fingerprint density at radius 1 is 1.23 bits per heavy atom. The zero-order valence-electron chi connectivity index (χ0n) is 13.3. The summed E-state index contributed by atoms with van der Waals surface area (Å²) in [5.41, 5.74) is 1.22. The molecule has 0 saturated carbocycles. The summed E-state index contributed by atoms with van der Waals surface area (Å²) in [5, 5.41) is 0. The number of carbonyl (C=O) groups excluding carboxylic acids is 1. The van der Waals surface area contributed by atoms with Crippen LogP contribution < -0.4 is 4.74 Å². The van der Waals surface area contributed by atoms with Crippen molar-refractivity contribution >= 4 is 5.91 Å². The van der Waals surface area contributed by atoms with Gasteiger partial charge < -0.3 is 14.4 Å². The van der Waals surface area contributed by atoms with Crippen molar-refractivity contribution in [2.75, 3.05) is 26.4 Å². The Hall–Kier alpha value is -1.55. The van der Waals surface area contributed by atoms with Crippen LogP contribution in [0.1, 0.15) is 44.2 Å². The molecule has 4 nitrogen and oxygen atoms in total. The Bertz CT molecular complexity index is 494. The first-order valence-corrected chi connectivity index (χ1v) is 8.40. The molecule has 1 unspecified atom stereocenters. The van der Waals surface area contributed by atoms with Gasteiger partial charge in [-0.1, -0.05) is 12.1 Å². The summed E-state index contributed by atoms with van der Waals surface area (Å²) in [6, 6.07) is 8.45. The molecule has 1 amide bonds. The molecule has 2 aliphatic rings. The second-order valence-corrected chi connectivity index (χ2v) is 6.08. The second-order valence-electron chi connectivity index (χ2n) is 6.08. The van der Waals surface area contributed by atoms with Crippen LogP contribution in [0.2, 0.25) is 0 Å². The number of ether oxygens (including phenoxy) is 2. The van der Waals surface area contributed by atoms with Gasteiger partial charge in [-0.15, -0.1) is 0 Å². The smallest absolute Gasteiger partial charge is 0.226 e. The topological polar surface area (TPSA) is 38.8 Å². The van der Waals surface area contributed by atoms with Crippen LogP contribution in [0.15, 0.2) is 24.3 Å². The molecule has 0 aliphatic carbocycles. The van der Waals surface area contributed by atoms with Crippen molar-refractivity contribution in [1.29, 1.82) is 0 Å². The van der Waals surface area contributed by atoms with E-state index in [0.29, 0.717) is 12.5 Å². The van der Waals surface area contributed by atoms with Crippen LogP contribution in [-0.2, 0) is 9.53 Å². The van der Waals surface area contributed by atoms with Crippen molar-refractivity contribution in [3.63, 3.8) is 0 Å². The summed E-state index contributed by atoms with van der Waals surface area (Å²) in [6.07, 6.45) is 3.88. The van der Waals surface area contributed by atoms with Crippen molar-refractivity contribution in [3.8, 4) is 5.75 Å². The molecule has 4 heteroatoms. The number of amides is 1. The molecule has 2 saturated heterocycles. The standard InChI is InChI=1S/C18H25NO3/c1-2-22-16-7-5-14(6-8-16)17-4-3-11-19(17)18(20)15-9-12-21-13-10-15/h5-8,15,17H,2-4,9-13H2,1H3. The molecule has 0 aromatic heterocycles. The van der Waals surface area contributed by atoms with Crippen LogP contribution in [0, 0.1) is 5.92 Å². The van der Waals surface area contributed by atoms with E-state index in [1.54, 1.807) is 0 Å². The third-order valence-electron chi connectivity index (χ3n) is 4.68. The van der Waals surface area contributed by atoms with Crippen molar-refractivity contribution in [2.24, 2.45) is 5.92 Å². The van der Waals surface area contributed by atoms with Crippen LogP contribution in [-0.4, -0.2) is 37.2 Å². The largest absolute Gasteiger partial charge is 0.494 e. The van der Waals surface area contributed by atoms with Gasteiger partial charge in [0, 0.05) is 25.7 Å². The van der Waals surface area contributed by atoms with Crippen molar-refractivity contribution < 1.29 is 14.3 Å². The molecule has 2 fully saturated rings. The number of nitrogens with zero attached hydrogens (tertiary/aromatic N) is 1. The molecule has 1 atom stereocenters. The first-order valence-electron chi connectivity index (χ1n) is 8.40. The van der Waals surface area contributed by atoms with E-state index in [1.807, 2.05) is 19.1 Å². The summed E-state index contributed by atoms with van der Waals surface area (Å²) < 4.78 is 10.9. The lowest BCUT2D eigenvalue weighted by Crippen LogP contribution is -2.38. The van der Waals surface area contributed by atoms with Gasteiger partial charge in [-0.25, -0.2) is 0 Å². The van der Waals surface area contributed by atoms with Gasteiger partial charge in [0.1, 0.15) is 5.75 Å². The summed E-state index contributed by atoms with van der Waals surface area (Å²) in [6.45, 7) is 4.99. The van der Waals surface area contributed by atoms with Crippen molar-refractivity contribution in [3.05, 3.63) is 29.8 Å². The van der Waals surface area contributed by atoms with E-state index in [4.69, 9.17) is 9.47 Å². The number of hydrogen-bond acceptors (Lipinski definition) is 3. The van der Waals surface area contributed by atoms with Crippen LogP contribution >= 0.6 is 0 Å². The molecule has 0 N–H and O–H groups in total. The molecule has 0 radical (unpaired) electrons. The Morgan fingerprint density at radius 3 is 2.64 bits per heavy atom. The highest BCUT2D eigenvalue weighted by Crippen LogP contribution is 2.35. The molecule has 1 aromatic rings. The Balaban J connectivity index is 1.70. The van der Waals surface area contributed by atoms with Gasteiger partial charge in [-0.2, -0.15) is 0 Å². The minimum atomic E-state index is 0.150. The molecule has 1 aromatic carbocycles. The maximum Gasteiger partial charge on any atom is 0.226 e. The molecule has 0 bridgehead atoms. The number of likely N-dealkylation sites (tertiary alicyclic amines) is 1. The fraction of sp³-hybridized carbons (Fsp3) is 0.611. The lowest BCUT2D eigenvalue weighted by atomic mass is 9.97. The molecule has 22 heavy (non-hydrogen) atoms. The summed E-state index contributed by atoms with van der Waals surface area (Å²) in [4.78, 5) is 14.9. The van der Waals surface area contributed by atoms with Gasteiger partial charge in [0.2, 0.25) is 5.91 Å². The molecule has 0 spiro atoms. The quantitative estimate of drug-likeness (QED) is 0.857. The number of rotatable bonds is 4. The second kappa shape index (κ2) is 7.14. The van der Waals surface area contributed by atoms with E-state index in [2.05, 4.69) is 17.0 Å². The van der Waals surface area contributed by atoms with Gasteiger partial charge in [0.15, 0.2) is 0 Å². The summed E-state index contributed by atoms with van der Waals surface area (Å²) in [7, 11) is 0. The Kier molecular flexibility index (Phi) is 4.98. The average Bonchev–Trinajstić information content (AvgIpc) is 3.05. The van der Waals surface area contributed by atoms with E-state index >= 15 is 0 Å². The Morgan fingerprint density at radius 2 is 1.95 bits per heavy atom. The molecule has 2 aliphatic heterocycles. The summed E-state index contributed by atoms with van der Waals surface area (Å²) in [5.74, 6) is 1.36. The third-order valence-corrected chi connectivity index (χ3v) is 4.68. The van der Waals surface area contributed by atoms with Crippen molar-refractivity contribution in [2.45, 2.75) is 38.6 Å². The van der Waals surface area contributed by atoms with Gasteiger partial charge in [-0.05, 0) is 50.3 Å². The number of hydrogen-bond donors (Lipinski definition) is 0. The molecular weight excluding hydrogens is 278 g/mol. The highest BCUT2D eigenvalue weighted by atomic mass is 16.5. The van der Waals surface area contributed by atoms with Crippen molar-refractivity contribution in [1.82, 2.24) is 4.90 Å². The van der Waals surface area contributed by atoms with Crippen LogP contribution in [0.4, 0.5) is 0 Å². The van der Waals surface area contributed by atoms with Gasteiger partial charge in [0.25, 0.3) is 0 Å². The zero-order chi connectivity index (χ0) is 15.4. The van der Waals surface area contributed by atoms with Crippen LogP contribution in [0.25, 0.3) is 0 Å². The summed E-state index contributed by atoms with van der Waals surface area (Å²) >= 11 is 0. The highest BCUT2D eigenvalue weighted by Gasteiger charge is 2.34. The maximum atomic E-state index is 12.8.